The first-order valence-corrected chi connectivity index (χ1v) is 7.17. The summed E-state index contributed by atoms with van der Waals surface area (Å²) in [4.78, 5) is 27.4. The fraction of sp³-hybridized carbons (Fsp3) is 0.467. The highest BCUT2D eigenvalue weighted by molar-refractivity contribution is 6.00. The number of hydrogen-bond acceptors (Lipinski definition) is 3. The molecule has 5 nitrogen and oxygen atoms in total. The molecule has 2 aliphatic rings. The van der Waals surface area contributed by atoms with Crippen molar-refractivity contribution >= 4 is 17.5 Å². The second kappa shape index (κ2) is 6.00. The molecule has 2 amide bonds. The van der Waals surface area contributed by atoms with Gasteiger partial charge in [-0.05, 0) is 12.1 Å². The summed E-state index contributed by atoms with van der Waals surface area (Å²) >= 11 is 0. The summed E-state index contributed by atoms with van der Waals surface area (Å²) in [5.41, 5.74) is 0.153. The second-order valence-corrected chi connectivity index (χ2v) is 5.47. The van der Waals surface area contributed by atoms with Crippen molar-refractivity contribution in [2.75, 3.05) is 37.7 Å². The van der Waals surface area contributed by atoms with Gasteiger partial charge in [0.1, 0.15) is 11.6 Å². The zero-order valence-corrected chi connectivity index (χ0v) is 11.9. The van der Waals surface area contributed by atoms with Crippen molar-refractivity contribution in [1.29, 1.82) is 0 Å². The van der Waals surface area contributed by atoms with Crippen LogP contribution in [0.5, 0.6) is 0 Å². The van der Waals surface area contributed by atoms with Gasteiger partial charge in [-0.15, -0.1) is 0 Å². The highest BCUT2D eigenvalue weighted by Crippen LogP contribution is 2.27. The van der Waals surface area contributed by atoms with Gasteiger partial charge in [-0.2, -0.15) is 0 Å². The van der Waals surface area contributed by atoms with E-state index in [1.807, 2.05) is 0 Å². The van der Waals surface area contributed by atoms with E-state index in [1.54, 1.807) is 4.90 Å². The van der Waals surface area contributed by atoms with Crippen LogP contribution in [0.1, 0.15) is 6.42 Å². The maximum atomic E-state index is 13.3. The van der Waals surface area contributed by atoms with Crippen molar-refractivity contribution < 1.29 is 23.1 Å². The van der Waals surface area contributed by atoms with E-state index in [4.69, 9.17) is 4.74 Å². The molecule has 1 atom stereocenters. The molecule has 0 N–H and O–H groups in total. The lowest BCUT2D eigenvalue weighted by Gasteiger charge is -2.29. The molecular formula is C15H16F2N2O3. The average Bonchev–Trinajstić information content (AvgIpc) is 2.88. The molecule has 0 aliphatic carbocycles. The fourth-order valence-corrected chi connectivity index (χ4v) is 2.86. The van der Waals surface area contributed by atoms with Gasteiger partial charge >= 0.3 is 0 Å². The number of nitrogens with zero attached hydrogens (tertiary/aromatic N) is 2. The molecule has 2 fully saturated rings. The van der Waals surface area contributed by atoms with E-state index in [9.17, 15) is 18.4 Å². The number of anilines is 1. The Morgan fingerprint density at radius 2 is 1.77 bits per heavy atom. The minimum atomic E-state index is -0.745. The molecule has 7 heteroatoms. The zero-order valence-electron chi connectivity index (χ0n) is 11.9. The summed E-state index contributed by atoms with van der Waals surface area (Å²) in [5.74, 6) is -2.36. The van der Waals surface area contributed by atoms with Crippen molar-refractivity contribution in [3.63, 3.8) is 0 Å². The Morgan fingerprint density at radius 3 is 2.41 bits per heavy atom. The number of halogens is 2. The van der Waals surface area contributed by atoms with Gasteiger partial charge in [0, 0.05) is 37.8 Å². The van der Waals surface area contributed by atoms with Gasteiger partial charge in [0.25, 0.3) is 0 Å². The van der Waals surface area contributed by atoms with E-state index in [0.717, 1.165) is 18.2 Å². The normalized spacial score (nSPS) is 22.3. The molecule has 2 heterocycles. The highest BCUT2D eigenvalue weighted by Gasteiger charge is 2.37. The van der Waals surface area contributed by atoms with Crippen LogP contribution < -0.4 is 4.90 Å². The number of amides is 2. The van der Waals surface area contributed by atoms with Gasteiger partial charge in [-0.3, -0.25) is 9.59 Å². The second-order valence-electron chi connectivity index (χ2n) is 5.47. The third-order valence-electron chi connectivity index (χ3n) is 3.96. The molecule has 0 saturated carbocycles. The smallest absolute Gasteiger partial charge is 0.228 e. The molecule has 118 valence electrons. The number of benzene rings is 1. The van der Waals surface area contributed by atoms with Crippen LogP contribution in [-0.2, 0) is 14.3 Å². The number of rotatable bonds is 2. The van der Waals surface area contributed by atoms with Gasteiger partial charge in [0.15, 0.2) is 0 Å². The average molecular weight is 310 g/mol. The first-order chi connectivity index (χ1) is 10.5. The first-order valence-electron chi connectivity index (χ1n) is 7.17. The zero-order chi connectivity index (χ0) is 15.7. The fourth-order valence-electron chi connectivity index (χ4n) is 2.86. The van der Waals surface area contributed by atoms with Crippen molar-refractivity contribution in [1.82, 2.24) is 4.90 Å². The van der Waals surface area contributed by atoms with Crippen molar-refractivity contribution in [3.8, 4) is 0 Å². The van der Waals surface area contributed by atoms with E-state index in [2.05, 4.69) is 0 Å². The third kappa shape index (κ3) is 2.94. The van der Waals surface area contributed by atoms with E-state index < -0.39 is 17.6 Å². The molecule has 2 saturated heterocycles. The van der Waals surface area contributed by atoms with Crippen LogP contribution in [0.3, 0.4) is 0 Å². The summed E-state index contributed by atoms with van der Waals surface area (Å²) in [5, 5.41) is 0. The van der Waals surface area contributed by atoms with E-state index in [0.29, 0.717) is 26.3 Å². The number of morpholine rings is 1. The van der Waals surface area contributed by atoms with Crippen LogP contribution >= 0.6 is 0 Å². The molecule has 1 unspecified atom stereocenters. The van der Waals surface area contributed by atoms with Gasteiger partial charge < -0.3 is 14.5 Å². The van der Waals surface area contributed by atoms with Gasteiger partial charge in [-0.25, -0.2) is 8.78 Å². The molecule has 0 radical (unpaired) electrons. The lowest BCUT2D eigenvalue weighted by Crippen LogP contribution is -2.44. The van der Waals surface area contributed by atoms with Crippen molar-refractivity contribution in [2.45, 2.75) is 6.42 Å². The topological polar surface area (TPSA) is 49.9 Å². The van der Waals surface area contributed by atoms with E-state index in [-0.39, 0.29) is 30.5 Å². The summed E-state index contributed by atoms with van der Waals surface area (Å²) in [6.45, 7) is 2.16. The van der Waals surface area contributed by atoms with E-state index in [1.165, 1.54) is 4.90 Å². The van der Waals surface area contributed by atoms with Gasteiger partial charge in [0.2, 0.25) is 11.8 Å². The Kier molecular flexibility index (Phi) is 4.06. The van der Waals surface area contributed by atoms with Crippen LogP contribution in [-0.4, -0.2) is 49.6 Å². The molecule has 3 rings (SSSR count). The highest BCUT2D eigenvalue weighted by atomic mass is 19.1. The minimum absolute atomic E-state index is 0.0638. The van der Waals surface area contributed by atoms with E-state index >= 15 is 0 Å². The third-order valence-corrected chi connectivity index (χ3v) is 3.96. The Morgan fingerprint density at radius 1 is 1.14 bits per heavy atom. The maximum absolute atomic E-state index is 13.3. The molecule has 1 aromatic carbocycles. The Bertz CT molecular complexity index is 582. The maximum Gasteiger partial charge on any atom is 0.228 e. The summed E-state index contributed by atoms with van der Waals surface area (Å²) in [7, 11) is 0. The van der Waals surface area contributed by atoms with Crippen LogP contribution in [0.15, 0.2) is 18.2 Å². The monoisotopic (exact) mass is 310 g/mol. The summed E-state index contributed by atoms with van der Waals surface area (Å²) < 4.78 is 31.8. The van der Waals surface area contributed by atoms with Crippen LogP contribution in [0.25, 0.3) is 0 Å². The molecule has 0 aromatic heterocycles. The molecule has 2 aliphatic heterocycles. The number of hydrogen-bond donors (Lipinski definition) is 0. The molecular weight excluding hydrogens is 294 g/mol. The first kappa shape index (κ1) is 14.9. The summed E-state index contributed by atoms with van der Waals surface area (Å²) in [6, 6.07) is 2.95. The van der Waals surface area contributed by atoms with Gasteiger partial charge in [-0.1, -0.05) is 0 Å². The number of carbonyl (C=O) groups excluding carboxylic acids is 2. The molecule has 0 bridgehead atoms. The standard InChI is InChI=1S/C15H16F2N2O3/c16-11-6-12(17)8-13(7-11)19-9-10(5-14(19)20)15(21)18-1-3-22-4-2-18/h6-8,10H,1-5,9H2. The lowest BCUT2D eigenvalue weighted by atomic mass is 10.1. The minimum Gasteiger partial charge on any atom is -0.378 e. The predicted molar refractivity (Wildman–Crippen MR) is 74.2 cm³/mol. The Hall–Kier alpha value is -2.02. The number of carbonyl (C=O) groups is 2. The van der Waals surface area contributed by atoms with Crippen LogP contribution in [0.2, 0.25) is 0 Å². The molecule has 1 aromatic rings. The SMILES string of the molecule is O=C(C1CC(=O)N(c2cc(F)cc(F)c2)C1)N1CCOCC1. The van der Waals surface area contributed by atoms with Crippen molar-refractivity contribution in [3.05, 3.63) is 29.8 Å². The molecule has 0 spiro atoms. The van der Waals surface area contributed by atoms with Crippen LogP contribution in [0, 0.1) is 17.6 Å². The van der Waals surface area contributed by atoms with Crippen LogP contribution in [0.4, 0.5) is 14.5 Å². The lowest BCUT2D eigenvalue weighted by molar-refractivity contribution is -0.139. The predicted octanol–water partition coefficient (Wildman–Crippen LogP) is 1.18. The molecule has 22 heavy (non-hydrogen) atoms. The Labute approximate surface area is 126 Å². The number of ether oxygens (including phenoxy) is 1. The quantitative estimate of drug-likeness (QED) is 0.824. The van der Waals surface area contributed by atoms with Crippen molar-refractivity contribution in [2.24, 2.45) is 5.92 Å². The summed E-state index contributed by atoms with van der Waals surface area (Å²) in [6.07, 6.45) is 0.0638. The largest absolute Gasteiger partial charge is 0.378 e. The Balaban J connectivity index is 1.73. The van der Waals surface area contributed by atoms with Gasteiger partial charge in [0.05, 0.1) is 19.1 Å².